The number of anilines is 1. The smallest absolute Gasteiger partial charge is 0.363 e. The van der Waals surface area contributed by atoms with Gasteiger partial charge in [-0.1, -0.05) is 29.8 Å². The number of ether oxygens (including phenoxy) is 1. The normalized spacial score (nSPS) is 11.6. The van der Waals surface area contributed by atoms with Crippen molar-refractivity contribution in [2.24, 2.45) is 0 Å². The van der Waals surface area contributed by atoms with Crippen LogP contribution >= 0.6 is 11.6 Å². The maximum atomic E-state index is 12.5. The van der Waals surface area contributed by atoms with Gasteiger partial charge in [-0.3, -0.25) is 9.59 Å². The number of esters is 1. The summed E-state index contributed by atoms with van der Waals surface area (Å²) >= 11 is 5.90. The number of rotatable bonds is 5. The molecule has 0 radical (unpaired) electrons. The zero-order chi connectivity index (χ0) is 21.0. The predicted molar refractivity (Wildman–Crippen MR) is 110 cm³/mol. The van der Waals surface area contributed by atoms with Crippen LogP contribution in [0.5, 0.6) is 0 Å². The SMILES string of the molecule is Cc1cc(=O)c(C(=O)OC(C)C(=O)Nc2ccccc2)nn1-c1ccc(Cl)cc1. The van der Waals surface area contributed by atoms with E-state index >= 15 is 0 Å². The molecule has 1 aromatic heterocycles. The van der Waals surface area contributed by atoms with Crippen molar-refractivity contribution < 1.29 is 14.3 Å². The highest BCUT2D eigenvalue weighted by Gasteiger charge is 2.23. The van der Waals surface area contributed by atoms with Gasteiger partial charge >= 0.3 is 5.97 Å². The summed E-state index contributed by atoms with van der Waals surface area (Å²) in [6.07, 6.45) is -1.12. The summed E-state index contributed by atoms with van der Waals surface area (Å²) in [7, 11) is 0. The molecule has 3 aromatic rings. The summed E-state index contributed by atoms with van der Waals surface area (Å²) in [5.74, 6) is -1.50. The van der Waals surface area contributed by atoms with Crippen LogP contribution in [0.3, 0.4) is 0 Å². The molecular formula is C21H18ClN3O4. The molecule has 0 aliphatic heterocycles. The van der Waals surface area contributed by atoms with E-state index in [2.05, 4.69) is 10.4 Å². The molecule has 7 nitrogen and oxygen atoms in total. The largest absolute Gasteiger partial charge is 0.448 e. The molecule has 1 N–H and O–H groups in total. The summed E-state index contributed by atoms with van der Waals surface area (Å²) in [5, 5.41) is 7.30. The van der Waals surface area contributed by atoms with Gasteiger partial charge in [-0.25, -0.2) is 9.48 Å². The quantitative estimate of drug-likeness (QED) is 0.650. The molecule has 1 atom stereocenters. The van der Waals surface area contributed by atoms with Gasteiger partial charge in [-0.15, -0.1) is 0 Å². The third kappa shape index (κ3) is 4.89. The summed E-state index contributed by atoms with van der Waals surface area (Å²) in [6, 6.07) is 16.8. The summed E-state index contributed by atoms with van der Waals surface area (Å²) in [6.45, 7) is 3.11. The first-order valence-corrected chi connectivity index (χ1v) is 9.17. The van der Waals surface area contributed by atoms with Crippen molar-refractivity contribution in [1.82, 2.24) is 9.78 Å². The second-order valence-corrected chi connectivity index (χ2v) is 6.73. The summed E-state index contributed by atoms with van der Waals surface area (Å²) < 4.78 is 6.59. The number of amides is 1. The third-order valence-corrected chi connectivity index (χ3v) is 4.32. The Kier molecular flexibility index (Phi) is 6.09. The third-order valence-electron chi connectivity index (χ3n) is 4.07. The number of aromatic nitrogens is 2. The van der Waals surface area contributed by atoms with E-state index in [1.165, 1.54) is 17.7 Å². The highest BCUT2D eigenvalue weighted by molar-refractivity contribution is 6.30. The van der Waals surface area contributed by atoms with Crippen LogP contribution in [0.4, 0.5) is 5.69 Å². The summed E-state index contributed by atoms with van der Waals surface area (Å²) in [4.78, 5) is 37.0. The Morgan fingerprint density at radius 3 is 2.41 bits per heavy atom. The summed E-state index contributed by atoms with van der Waals surface area (Å²) in [5.41, 5.74) is 0.719. The lowest BCUT2D eigenvalue weighted by Crippen LogP contribution is -2.32. The monoisotopic (exact) mass is 411 g/mol. The lowest BCUT2D eigenvalue weighted by molar-refractivity contribution is -0.123. The van der Waals surface area contributed by atoms with Crippen molar-refractivity contribution in [2.75, 3.05) is 5.32 Å². The van der Waals surface area contributed by atoms with Gasteiger partial charge in [0.25, 0.3) is 5.91 Å². The van der Waals surface area contributed by atoms with Crippen LogP contribution in [0.2, 0.25) is 5.02 Å². The Bertz CT molecular complexity index is 1100. The molecule has 29 heavy (non-hydrogen) atoms. The van der Waals surface area contributed by atoms with Crippen molar-refractivity contribution in [3.63, 3.8) is 0 Å². The number of hydrogen-bond acceptors (Lipinski definition) is 5. The van der Waals surface area contributed by atoms with E-state index in [-0.39, 0.29) is 0 Å². The maximum Gasteiger partial charge on any atom is 0.363 e. The average Bonchev–Trinajstić information content (AvgIpc) is 2.69. The van der Waals surface area contributed by atoms with Crippen LogP contribution in [0.15, 0.2) is 65.5 Å². The number of hydrogen-bond donors (Lipinski definition) is 1. The van der Waals surface area contributed by atoms with Crippen LogP contribution in [0.1, 0.15) is 23.1 Å². The van der Waals surface area contributed by atoms with E-state index in [0.29, 0.717) is 22.1 Å². The Labute approximate surface area is 171 Å². The molecule has 0 saturated carbocycles. The highest BCUT2D eigenvalue weighted by Crippen LogP contribution is 2.14. The first-order valence-electron chi connectivity index (χ1n) is 8.79. The number of carbonyl (C=O) groups is 2. The van der Waals surface area contributed by atoms with Crippen LogP contribution in [0, 0.1) is 6.92 Å². The van der Waals surface area contributed by atoms with Gasteiger partial charge in [0, 0.05) is 22.5 Å². The van der Waals surface area contributed by atoms with Gasteiger partial charge in [-0.05, 0) is 50.2 Å². The predicted octanol–water partition coefficient (Wildman–Crippen LogP) is 3.38. The molecule has 2 aromatic carbocycles. The molecule has 1 amide bonds. The van der Waals surface area contributed by atoms with Crippen LogP contribution in [-0.4, -0.2) is 27.8 Å². The molecule has 0 saturated heterocycles. The van der Waals surface area contributed by atoms with Crippen molar-refractivity contribution in [1.29, 1.82) is 0 Å². The lowest BCUT2D eigenvalue weighted by Gasteiger charge is -2.14. The standard InChI is InChI=1S/C21H18ClN3O4/c1-13-12-18(26)19(24-25(13)17-10-8-15(22)9-11-17)21(28)29-14(2)20(27)23-16-6-4-3-5-7-16/h3-12,14H,1-2H3,(H,23,27). The van der Waals surface area contributed by atoms with Crippen molar-refractivity contribution in [2.45, 2.75) is 20.0 Å². The minimum atomic E-state index is -1.12. The fraction of sp³-hybridized carbons (Fsp3) is 0.143. The van der Waals surface area contributed by atoms with E-state index in [1.54, 1.807) is 55.5 Å². The molecule has 1 unspecified atom stereocenters. The lowest BCUT2D eigenvalue weighted by atomic mass is 10.2. The molecule has 8 heteroatoms. The number of nitrogens with one attached hydrogen (secondary N) is 1. The Balaban J connectivity index is 1.79. The molecule has 0 spiro atoms. The molecule has 1 heterocycles. The second-order valence-electron chi connectivity index (χ2n) is 6.29. The number of aryl methyl sites for hydroxylation is 1. The molecule has 0 aliphatic carbocycles. The Hall–Kier alpha value is -3.45. The van der Waals surface area contributed by atoms with Crippen molar-refractivity contribution in [3.8, 4) is 5.69 Å². The van der Waals surface area contributed by atoms with Gasteiger partial charge in [-0.2, -0.15) is 5.10 Å². The van der Waals surface area contributed by atoms with E-state index in [0.717, 1.165) is 0 Å². The second kappa shape index (κ2) is 8.70. The van der Waals surface area contributed by atoms with Crippen LogP contribution < -0.4 is 10.7 Å². The van der Waals surface area contributed by atoms with Gasteiger partial charge in [0.1, 0.15) is 0 Å². The van der Waals surface area contributed by atoms with Gasteiger partial charge in [0.2, 0.25) is 11.1 Å². The Morgan fingerprint density at radius 2 is 1.76 bits per heavy atom. The average molecular weight is 412 g/mol. The molecular weight excluding hydrogens is 394 g/mol. The topological polar surface area (TPSA) is 90.3 Å². The van der Waals surface area contributed by atoms with Crippen molar-refractivity contribution >= 4 is 29.2 Å². The molecule has 0 aliphatic rings. The molecule has 148 valence electrons. The van der Waals surface area contributed by atoms with Gasteiger partial charge < -0.3 is 10.1 Å². The number of nitrogens with zero attached hydrogens (tertiary/aromatic N) is 2. The maximum absolute atomic E-state index is 12.5. The van der Waals surface area contributed by atoms with Crippen LogP contribution in [0.25, 0.3) is 5.69 Å². The van der Waals surface area contributed by atoms with E-state index < -0.39 is 29.1 Å². The van der Waals surface area contributed by atoms with Gasteiger partial charge in [0.05, 0.1) is 5.69 Å². The molecule has 3 rings (SSSR count). The fourth-order valence-electron chi connectivity index (χ4n) is 2.57. The fourth-order valence-corrected chi connectivity index (χ4v) is 2.69. The number of benzene rings is 2. The van der Waals surface area contributed by atoms with E-state index in [1.807, 2.05) is 6.07 Å². The Morgan fingerprint density at radius 1 is 1.10 bits per heavy atom. The minimum absolute atomic E-state index is 0.412. The molecule has 0 fully saturated rings. The molecule has 0 bridgehead atoms. The number of para-hydroxylation sites is 1. The zero-order valence-corrected chi connectivity index (χ0v) is 16.5. The number of carbonyl (C=O) groups excluding carboxylic acids is 2. The van der Waals surface area contributed by atoms with E-state index in [9.17, 15) is 14.4 Å². The highest BCUT2D eigenvalue weighted by atomic mass is 35.5. The minimum Gasteiger partial charge on any atom is -0.448 e. The van der Waals surface area contributed by atoms with Gasteiger partial charge in [0.15, 0.2) is 6.10 Å². The number of halogens is 1. The van der Waals surface area contributed by atoms with Crippen LogP contribution in [-0.2, 0) is 9.53 Å². The van der Waals surface area contributed by atoms with Crippen molar-refractivity contribution in [3.05, 3.63) is 87.3 Å². The first-order chi connectivity index (χ1) is 13.8. The first kappa shape index (κ1) is 20.3. The zero-order valence-electron chi connectivity index (χ0n) is 15.8. The van der Waals surface area contributed by atoms with E-state index in [4.69, 9.17) is 16.3 Å².